The Morgan fingerprint density at radius 3 is 2.80 bits per heavy atom. The SMILES string of the molecule is C=CC(=O)N=C1CCCC[C@H]1NC(=O)c1sc2nccc3c2c1NC(=O)N3c1cnc(Oc2ccccc2)cc1C. The maximum absolute atomic E-state index is 13.5. The lowest BCUT2D eigenvalue weighted by molar-refractivity contribution is -0.113. The van der Waals surface area contributed by atoms with Gasteiger partial charge in [0.15, 0.2) is 0 Å². The Bertz CT molecular complexity index is 1730. The monoisotopic (exact) mass is 566 g/mol. The molecule has 1 aliphatic heterocycles. The number of aryl methyl sites for hydroxylation is 1. The van der Waals surface area contributed by atoms with Crippen molar-refractivity contribution in [2.24, 2.45) is 4.99 Å². The third kappa shape index (κ3) is 5.07. The molecule has 0 bridgehead atoms. The average molecular weight is 567 g/mol. The van der Waals surface area contributed by atoms with Gasteiger partial charge in [0.05, 0.1) is 34.7 Å². The maximum Gasteiger partial charge on any atom is 0.331 e. The topological polar surface area (TPSA) is 126 Å². The standard InChI is InChI=1S/C30H26N6O4S/c1-3-23(37)33-19-11-7-8-12-20(19)34-28(38)27-26-25-21(13-14-31-29(25)41-27)36(30(39)35-26)22-16-32-24(15-17(22)2)40-18-9-5-4-6-10-18/h3-6,9-10,13-16,20H,1,7-8,11-12H2,2H3,(H,34,38)(H,35,39)/t20-/m1/s1. The fourth-order valence-corrected chi connectivity index (χ4v) is 6.12. The molecule has 3 aromatic heterocycles. The normalized spacial score (nSPS) is 17.3. The molecule has 41 heavy (non-hydrogen) atoms. The van der Waals surface area contributed by atoms with Gasteiger partial charge in [0.1, 0.15) is 15.5 Å². The van der Waals surface area contributed by atoms with E-state index in [9.17, 15) is 14.4 Å². The van der Waals surface area contributed by atoms with Crippen molar-refractivity contribution in [1.29, 1.82) is 0 Å². The third-order valence-electron chi connectivity index (χ3n) is 7.03. The summed E-state index contributed by atoms with van der Waals surface area (Å²) in [6.45, 7) is 5.36. The minimum absolute atomic E-state index is 0.342. The van der Waals surface area contributed by atoms with Crippen molar-refractivity contribution in [3.8, 4) is 11.6 Å². The van der Waals surface area contributed by atoms with Gasteiger partial charge in [0, 0.05) is 18.0 Å². The van der Waals surface area contributed by atoms with Gasteiger partial charge in [-0.3, -0.25) is 14.5 Å². The number of para-hydroxylation sites is 1. The van der Waals surface area contributed by atoms with Crippen LogP contribution >= 0.6 is 11.3 Å². The van der Waals surface area contributed by atoms with E-state index in [2.05, 4.69) is 32.2 Å². The summed E-state index contributed by atoms with van der Waals surface area (Å²) in [5, 5.41) is 6.61. The number of ether oxygens (including phenoxy) is 1. The molecule has 0 radical (unpaired) electrons. The van der Waals surface area contributed by atoms with E-state index in [0.717, 1.165) is 24.5 Å². The lowest BCUT2D eigenvalue weighted by Crippen LogP contribution is -2.43. The van der Waals surface area contributed by atoms with Gasteiger partial charge in [0.25, 0.3) is 11.8 Å². The van der Waals surface area contributed by atoms with Crippen LogP contribution < -0.4 is 20.3 Å². The van der Waals surface area contributed by atoms with Crippen molar-refractivity contribution in [2.45, 2.75) is 38.6 Å². The van der Waals surface area contributed by atoms with Crippen LogP contribution in [0.4, 0.5) is 21.9 Å². The van der Waals surface area contributed by atoms with E-state index in [-0.39, 0.29) is 11.9 Å². The number of aliphatic imine (C=N–C) groups is 1. The highest BCUT2D eigenvalue weighted by molar-refractivity contribution is 7.21. The Kier molecular flexibility index (Phi) is 7.02. The van der Waals surface area contributed by atoms with Crippen LogP contribution in [0.1, 0.15) is 40.9 Å². The van der Waals surface area contributed by atoms with Crippen molar-refractivity contribution in [3.63, 3.8) is 0 Å². The van der Waals surface area contributed by atoms with Crippen LogP contribution in [-0.4, -0.2) is 39.6 Å². The van der Waals surface area contributed by atoms with Crippen LogP contribution in [0.3, 0.4) is 0 Å². The fraction of sp³-hybridized carbons (Fsp3) is 0.200. The van der Waals surface area contributed by atoms with Crippen molar-refractivity contribution < 1.29 is 19.1 Å². The predicted molar refractivity (Wildman–Crippen MR) is 159 cm³/mol. The molecule has 4 aromatic rings. The number of nitrogens with zero attached hydrogens (tertiary/aromatic N) is 4. The molecule has 1 aromatic carbocycles. The highest BCUT2D eigenvalue weighted by Gasteiger charge is 2.34. The van der Waals surface area contributed by atoms with Gasteiger partial charge in [0.2, 0.25) is 5.88 Å². The van der Waals surface area contributed by atoms with Crippen molar-refractivity contribution >= 4 is 62.2 Å². The van der Waals surface area contributed by atoms with Gasteiger partial charge in [-0.15, -0.1) is 11.3 Å². The van der Waals surface area contributed by atoms with Gasteiger partial charge in [-0.25, -0.2) is 19.8 Å². The summed E-state index contributed by atoms with van der Waals surface area (Å²) in [7, 11) is 0. The molecule has 206 valence electrons. The van der Waals surface area contributed by atoms with E-state index in [1.165, 1.54) is 16.2 Å². The number of hydrogen-bond acceptors (Lipinski definition) is 7. The summed E-state index contributed by atoms with van der Waals surface area (Å²) < 4.78 is 5.85. The fourth-order valence-electron chi connectivity index (χ4n) is 5.10. The molecule has 6 rings (SSSR count). The number of carbonyl (C=O) groups excluding carboxylic acids is 3. The predicted octanol–water partition coefficient (Wildman–Crippen LogP) is 6.30. The van der Waals surface area contributed by atoms with Gasteiger partial charge in [-0.2, -0.15) is 0 Å². The first kappa shape index (κ1) is 26.3. The van der Waals surface area contributed by atoms with E-state index >= 15 is 0 Å². The number of anilines is 3. The quantitative estimate of drug-likeness (QED) is 0.264. The highest BCUT2D eigenvalue weighted by Crippen LogP contribution is 2.46. The molecule has 4 amide bonds. The maximum atomic E-state index is 13.5. The van der Waals surface area contributed by atoms with E-state index < -0.39 is 11.9 Å². The van der Waals surface area contributed by atoms with E-state index in [1.54, 1.807) is 24.5 Å². The molecular weight excluding hydrogens is 540 g/mol. The highest BCUT2D eigenvalue weighted by atomic mass is 32.1. The van der Waals surface area contributed by atoms with Crippen LogP contribution in [-0.2, 0) is 4.79 Å². The third-order valence-corrected chi connectivity index (χ3v) is 8.12. The van der Waals surface area contributed by atoms with Gasteiger partial charge in [-0.1, -0.05) is 31.2 Å². The summed E-state index contributed by atoms with van der Waals surface area (Å²) >= 11 is 1.20. The number of rotatable bonds is 6. The molecule has 1 saturated carbocycles. The summed E-state index contributed by atoms with van der Waals surface area (Å²) in [6, 6.07) is 12.1. The zero-order valence-corrected chi connectivity index (χ0v) is 23.0. The average Bonchev–Trinajstić information content (AvgIpc) is 3.35. The van der Waals surface area contributed by atoms with E-state index in [4.69, 9.17) is 4.74 Å². The molecule has 0 unspecified atom stereocenters. The van der Waals surface area contributed by atoms with Crippen molar-refractivity contribution in [1.82, 2.24) is 15.3 Å². The number of urea groups is 1. The molecule has 1 aliphatic carbocycles. The molecule has 10 nitrogen and oxygen atoms in total. The molecule has 0 saturated heterocycles. The van der Waals surface area contributed by atoms with Crippen LogP contribution in [0.5, 0.6) is 11.6 Å². The molecule has 1 fully saturated rings. The van der Waals surface area contributed by atoms with Crippen LogP contribution in [0.25, 0.3) is 10.2 Å². The second-order valence-electron chi connectivity index (χ2n) is 9.72. The Morgan fingerprint density at radius 1 is 1.20 bits per heavy atom. The largest absolute Gasteiger partial charge is 0.439 e. The minimum Gasteiger partial charge on any atom is -0.439 e. The van der Waals surface area contributed by atoms with Crippen LogP contribution in [0, 0.1) is 6.92 Å². The number of nitrogens with one attached hydrogen (secondary N) is 2. The minimum atomic E-state index is -0.427. The zero-order valence-electron chi connectivity index (χ0n) is 22.2. The first-order valence-electron chi connectivity index (χ1n) is 13.2. The number of thiophene rings is 1. The Hall–Kier alpha value is -4.90. The summed E-state index contributed by atoms with van der Waals surface area (Å²) in [4.78, 5) is 54.5. The summed E-state index contributed by atoms with van der Waals surface area (Å²) in [5.41, 5.74) is 3.01. The molecule has 1 atom stereocenters. The molecule has 2 N–H and O–H groups in total. The number of aromatic nitrogens is 2. The van der Waals surface area contributed by atoms with Crippen LogP contribution in [0.2, 0.25) is 0 Å². The number of pyridine rings is 2. The number of carbonyl (C=O) groups is 3. The summed E-state index contributed by atoms with van der Waals surface area (Å²) in [6.07, 6.45) is 7.49. The molecular formula is C30H26N6O4S. The van der Waals surface area contributed by atoms with Gasteiger partial charge in [-0.05, 0) is 56.0 Å². The molecule has 4 heterocycles. The second kappa shape index (κ2) is 10.9. The lowest BCUT2D eigenvalue weighted by atomic mass is 9.93. The first-order valence-corrected chi connectivity index (χ1v) is 14.0. The van der Waals surface area contributed by atoms with Crippen molar-refractivity contribution in [3.05, 3.63) is 78.0 Å². The Labute approximate surface area is 239 Å². The molecule has 11 heteroatoms. The van der Waals surface area contributed by atoms with E-state index in [0.29, 0.717) is 62.3 Å². The number of amides is 4. The van der Waals surface area contributed by atoms with Gasteiger partial charge >= 0.3 is 6.03 Å². The van der Waals surface area contributed by atoms with Gasteiger partial charge < -0.3 is 15.4 Å². The lowest BCUT2D eigenvalue weighted by Gasteiger charge is -2.29. The van der Waals surface area contributed by atoms with Crippen LogP contribution in [0.15, 0.2) is 72.5 Å². The summed E-state index contributed by atoms with van der Waals surface area (Å²) in [5.74, 6) is 0.286. The Balaban J connectivity index is 1.32. The van der Waals surface area contributed by atoms with Crippen molar-refractivity contribution in [2.75, 3.05) is 10.2 Å². The smallest absolute Gasteiger partial charge is 0.331 e. The zero-order chi connectivity index (χ0) is 28.5. The molecule has 0 spiro atoms. The van der Waals surface area contributed by atoms with E-state index in [1.807, 2.05) is 37.3 Å². The first-order chi connectivity index (χ1) is 19.9. The second-order valence-corrected chi connectivity index (χ2v) is 10.7. The molecule has 2 aliphatic rings. The Morgan fingerprint density at radius 2 is 2.02 bits per heavy atom. The number of hydrogen-bond donors (Lipinski definition) is 2. The number of benzene rings is 1.